The number of ether oxygens (including phenoxy) is 1. The largest absolute Gasteiger partial charge is 0.495 e. The maximum Gasteiger partial charge on any atom is 0.137 e. The molecule has 1 aromatic carbocycles. The Bertz CT molecular complexity index is 372. The minimum absolute atomic E-state index is 0.525. The number of hydrogen-bond donors (Lipinski definition) is 0. The molecule has 0 spiro atoms. The van der Waals surface area contributed by atoms with Crippen LogP contribution in [-0.4, -0.2) is 12.3 Å². The van der Waals surface area contributed by atoms with Crippen molar-refractivity contribution in [2.24, 2.45) is 4.99 Å². The lowest BCUT2D eigenvalue weighted by Crippen LogP contribution is -1.85. The first kappa shape index (κ1) is 10.2. The van der Waals surface area contributed by atoms with E-state index in [4.69, 9.17) is 16.3 Å². The predicted octanol–water partition coefficient (Wildman–Crippen LogP) is 3.39. The number of hydrogen-bond acceptors (Lipinski definition) is 3. The third-order valence-corrected chi connectivity index (χ3v) is 2.02. The van der Waals surface area contributed by atoms with Crippen molar-refractivity contribution in [1.82, 2.24) is 0 Å². The molecule has 0 N–H and O–H groups in total. The van der Waals surface area contributed by atoms with E-state index in [0.29, 0.717) is 10.8 Å². The highest BCUT2D eigenvalue weighted by molar-refractivity contribution is 7.78. The van der Waals surface area contributed by atoms with Gasteiger partial charge in [0.15, 0.2) is 0 Å². The van der Waals surface area contributed by atoms with E-state index < -0.39 is 0 Å². The lowest BCUT2D eigenvalue weighted by Gasteiger charge is -2.05. The molecule has 0 aliphatic carbocycles. The van der Waals surface area contributed by atoms with Crippen LogP contribution >= 0.6 is 23.8 Å². The molecule has 0 bridgehead atoms. The molecule has 0 atom stereocenters. The van der Waals surface area contributed by atoms with Gasteiger partial charge in [-0.25, -0.2) is 0 Å². The molecule has 0 saturated carbocycles. The van der Waals surface area contributed by atoms with Crippen LogP contribution in [0.25, 0.3) is 0 Å². The second-order valence-corrected chi connectivity index (χ2v) is 3.07. The van der Waals surface area contributed by atoms with Gasteiger partial charge in [0.25, 0.3) is 0 Å². The molecule has 0 aliphatic heterocycles. The van der Waals surface area contributed by atoms with Crippen LogP contribution < -0.4 is 4.74 Å². The smallest absolute Gasteiger partial charge is 0.137 e. The Kier molecular flexibility index (Phi) is 3.43. The van der Waals surface area contributed by atoms with E-state index in [2.05, 4.69) is 22.4 Å². The van der Waals surface area contributed by atoms with Gasteiger partial charge in [0, 0.05) is 0 Å². The van der Waals surface area contributed by atoms with E-state index in [1.807, 2.05) is 13.0 Å². The summed E-state index contributed by atoms with van der Waals surface area (Å²) >= 11 is 10.4. The Hall–Kier alpha value is -0.890. The second kappa shape index (κ2) is 4.38. The zero-order chi connectivity index (χ0) is 9.84. The van der Waals surface area contributed by atoms with Crippen molar-refractivity contribution < 1.29 is 4.74 Å². The molecule has 0 saturated heterocycles. The molecule has 13 heavy (non-hydrogen) atoms. The summed E-state index contributed by atoms with van der Waals surface area (Å²) in [6.07, 6.45) is 0. The van der Waals surface area contributed by atoms with Crippen LogP contribution in [0.15, 0.2) is 17.1 Å². The molecule has 0 heterocycles. The molecule has 0 unspecified atom stereocenters. The highest BCUT2D eigenvalue weighted by atomic mass is 35.5. The van der Waals surface area contributed by atoms with Crippen LogP contribution in [0.2, 0.25) is 5.02 Å². The topological polar surface area (TPSA) is 21.6 Å². The van der Waals surface area contributed by atoms with Crippen LogP contribution in [0, 0.1) is 6.92 Å². The first-order chi connectivity index (χ1) is 6.19. The Morgan fingerprint density at radius 3 is 2.77 bits per heavy atom. The van der Waals surface area contributed by atoms with Gasteiger partial charge in [0.2, 0.25) is 0 Å². The number of halogens is 1. The predicted molar refractivity (Wildman–Crippen MR) is 57.4 cm³/mol. The van der Waals surface area contributed by atoms with Gasteiger partial charge in [-0.15, -0.1) is 0 Å². The minimum Gasteiger partial charge on any atom is -0.495 e. The summed E-state index contributed by atoms with van der Waals surface area (Å²) in [5.41, 5.74) is 1.68. The molecule has 68 valence electrons. The molecule has 1 aromatic rings. The number of aliphatic imine (C=N–C) groups is 1. The Morgan fingerprint density at radius 2 is 2.23 bits per heavy atom. The second-order valence-electron chi connectivity index (χ2n) is 2.48. The summed E-state index contributed by atoms with van der Waals surface area (Å²) in [5, 5.41) is 2.82. The lowest BCUT2D eigenvalue weighted by molar-refractivity contribution is 0.415. The fourth-order valence-electron chi connectivity index (χ4n) is 0.971. The van der Waals surface area contributed by atoms with Crippen LogP contribution in [0.1, 0.15) is 5.56 Å². The number of rotatable bonds is 2. The summed E-state index contributed by atoms with van der Waals surface area (Å²) in [4.78, 5) is 3.87. The fraction of sp³-hybridized carbons (Fsp3) is 0.222. The number of methoxy groups -OCH3 is 1. The van der Waals surface area contributed by atoms with E-state index >= 15 is 0 Å². The molecular formula is C9H8ClNOS. The van der Waals surface area contributed by atoms with E-state index in [0.717, 1.165) is 11.3 Å². The number of thiocarbonyl (C=S) groups is 1. The van der Waals surface area contributed by atoms with Gasteiger partial charge in [-0.2, -0.15) is 4.99 Å². The summed E-state index contributed by atoms with van der Waals surface area (Å²) < 4.78 is 5.04. The molecule has 4 heteroatoms. The maximum atomic E-state index is 5.89. The van der Waals surface area contributed by atoms with Crippen LogP contribution in [-0.2, 0) is 0 Å². The highest BCUT2D eigenvalue weighted by Crippen LogP contribution is 2.31. The first-order valence-corrected chi connectivity index (χ1v) is 4.39. The standard InChI is InChI=1S/C9H8ClNOS/c1-6-3-9(12-2)7(10)4-8(6)11-5-13/h3-4H,1-2H3. The van der Waals surface area contributed by atoms with Crippen molar-refractivity contribution in [3.05, 3.63) is 22.7 Å². The molecule has 0 amide bonds. The molecule has 0 aliphatic rings. The maximum absolute atomic E-state index is 5.89. The zero-order valence-electron chi connectivity index (χ0n) is 7.30. The van der Waals surface area contributed by atoms with E-state index in [9.17, 15) is 0 Å². The highest BCUT2D eigenvalue weighted by Gasteiger charge is 2.04. The monoisotopic (exact) mass is 213 g/mol. The SMILES string of the molecule is COc1cc(C)c(N=C=S)cc1Cl. The van der Waals surface area contributed by atoms with Gasteiger partial charge in [-0.05, 0) is 36.8 Å². The Balaban J connectivity index is 3.27. The van der Waals surface area contributed by atoms with Crippen LogP contribution in [0.3, 0.4) is 0 Å². The minimum atomic E-state index is 0.525. The van der Waals surface area contributed by atoms with Crippen LogP contribution in [0.5, 0.6) is 5.75 Å². The molecule has 0 fully saturated rings. The van der Waals surface area contributed by atoms with E-state index in [-0.39, 0.29) is 0 Å². The molecule has 0 aromatic heterocycles. The molecule has 1 rings (SSSR count). The third-order valence-electron chi connectivity index (χ3n) is 1.64. The third kappa shape index (κ3) is 2.28. The van der Waals surface area contributed by atoms with Gasteiger partial charge in [-0.1, -0.05) is 11.6 Å². The lowest BCUT2D eigenvalue weighted by atomic mass is 10.2. The summed E-state index contributed by atoms with van der Waals surface area (Å²) in [5.74, 6) is 0.641. The number of nitrogens with zero attached hydrogens (tertiary/aromatic N) is 1. The van der Waals surface area contributed by atoms with Gasteiger partial charge in [0.1, 0.15) is 5.75 Å². The first-order valence-electron chi connectivity index (χ1n) is 3.61. The molecule has 0 radical (unpaired) electrons. The van der Waals surface area contributed by atoms with Gasteiger partial charge < -0.3 is 4.74 Å². The summed E-state index contributed by atoms with van der Waals surface area (Å²) in [6, 6.07) is 3.52. The molecular weight excluding hydrogens is 206 g/mol. The normalized spacial score (nSPS) is 9.15. The Labute approximate surface area is 87.2 Å². The van der Waals surface area contributed by atoms with Crippen LogP contribution in [0.4, 0.5) is 5.69 Å². The van der Waals surface area contributed by atoms with E-state index in [1.54, 1.807) is 13.2 Å². The summed E-state index contributed by atoms with van der Waals surface area (Å²) in [7, 11) is 1.57. The van der Waals surface area contributed by atoms with Gasteiger partial charge in [0.05, 0.1) is 23.0 Å². The number of benzene rings is 1. The van der Waals surface area contributed by atoms with Gasteiger partial charge >= 0.3 is 0 Å². The van der Waals surface area contributed by atoms with Gasteiger partial charge in [-0.3, -0.25) is 0 Å². The zero-order valence-corrected chi connectivity index (χ0v) is 8.87. The summed E-state index contributed by atoms with van der Waals surface area (Å²) in [6.45, 7) is 1.91. The number of isothiocyanates is 1. The van der Waals surface area contributed by atoms with Crippen molar-refractivity contribution in [1.29, 1.82) is 0 Å². The average Bonchev–Trinajstić information content (AvgIpc) is 2.11. The van der Waals surface area contributed by atoms with Crippen molar-refractivity contribution in [2.75, 3.05) is 7.11 Å². The van der Waals surface area contributed by atoms with Crippen molar-refractivity contribution in [3.8, 4) is 5.75 Å². The van der Waals surface area contributed by atoms with Crippen molar-refractivity contribution in [3.63, 3.8) is 0 Å². The average molecular weight is 214 g/mol. The number of aryl methyl sites for hydroxylation is 1. The van der Waals surface area contributed by atoms with Crippen molar-refractivity contribution >= 4 is 34.7 Å². The fourth-order valence-corrected chi connectivity index (χ4v) is 1.30. The Morgan fingerprint density at radius 1 is 1.54 bits per heavy atom. The van der Waals surface area contributed by atoms with E-state index in [1.165, 1.54) is 0 Å². The molecule has 2 nitrogen and oxygen atoms in total. The quantitative estimate of drug-likeness (QED) is 0.555. The van der Waals surface area contributed by atoms with Crippen molar-refractivity contribution in [2.45, 2.75) is 6.92 Å².